The second kappa shape index (κ2) is 10.3. The Hall–Kier alpha value is -3.41. The maximum Gasteiger partial charge on any atom is 0.404 e. The molecule has 0 spiro atoms. The summed E-state index contributed by atoms with van der Waals surface area (Å²) in [5.74, 6) is 0.472. The highest BCUT2D eigenvalue weighted by Gasteiger charge is 2.43. The van der Waals surface area contributed by atoms with Gasteiger partial charge in [0.1, 0.15) is 11.6 Å². The molecule has 0 saturated carbocycles. The van der Waals surface area contributed by atoms with Crippen molar-refractivity contribution in [3.8, 4) is 0 Å². The van der Waals surface area contributed by atoms with Crippen LogP contribution in [0.4, 0.5) is 16.4 Å². The lowest BCUT2D eigenvalue weighted by molar-refractivity contribution is 0.0981. The van der Waals surface area contributed by atoms with Crippen molar-refractivity contribution in [1.82, 2.24) is 20.0 Å². The van der Waals surface area contributed by atoms with Crippen molar-refractivity contribution in [3.63, 3.8) is 0 Å². The van der Waals surface area contributed by atoms with E-state index < -0.39 is 22.0 Å². The summed E-state index contributed by atoms with van der Waals surface area (Å²) in [7, 11) is -4.32. The summed E-state index contributed by atoms with van der Waals surface area (Å²) in [5, 5.41) is 11.6. The number of pyridine rings is 2. The molecule has 2 fully saturated rings. The Morgan fingerprint density at radius 3 is 2.49 bits per heavy atom. The van der Waals surface area contributed by atoms with Crippen LogP contribution in [0.5, 0.6) is 0 Å². The van der Waals surface area contributed by atoms with Gasteiger partial charge in [-0.3, -0.25) is 4.79 Å². The number of carbonyl (C=O) groups excluding carboxylic acids is 1. The molecule has 0 radical (unpaired) electrons. The van der Waals surface area contributed by atoms with Crippen LogP contribution in [0.1, 0.15) is 64.7 Å². The maximum atomic E-state index is 13.3. The summed E-state index contributed by atoms with van der Waals surface area (Å²) in [6.07, 6.45) is 1.97. The fraction of sp³-hybridized carbons (Fsp3) is 0.556. The molecule has 0 bridgehead atoms. The minimum atomic E-state index is -4.32. The van der Waals surface area contributed by atoms with Crippen molar-refractivity contribution in [2.45, 2.75) is 77.0 Å². The highest BCUT2D eigenvalue weighted by molar-refractivity contribution is 7.90. The number of carbonyl (C=O) groups is 2. The lowest BCUT2D eigenvalue weighted by Crippen LogP contribution is -2.51. The molecule has 2 aliphatic heterocycles. The average molecular weight is 559 g/mol. The smallest absolute Gasteiger partial charge is 0.404 e. The molecule has 2 amide bonds. The van der Waals surface area contributed by atoms with Gasteiger partial charge >= 0.3 is 6.09 Å². The molecule has 3 N–H and O–H groups in total. The second-order valence-corrected chi connectivity index (χ2v) is 13.9. The van der Waals surface area contributed by atoms with E-state index in [9.17, 15) is 23.1 Å². The Morgan fingerprint density at radius 2 is 1.87 bits per heavy atom. The van der Waals surface area contributed by atoms with Crippen LogP contribution in [0.15, 0.2) is 41.6 Å². The van der Waals surface area contributed by atoms with E-state index in [4.69, 9.17) is 0 Å². The van der Waals surface area contributed by atoms with E-state index in [0.717, 1.165) is 6.42 Å². The van der Waals surface area contributed by atoms with Gasteiger partial charge in [0.15, 0.2) is 5.03 Å². The predicted molar refractivity (Wildman–Crippen MR) is 148 cm³/mol. The van der Waals surface area contributed by atoms with Crippen LogP contribution in [0.25, 0.3) is 0 Å². The summed E-state index contributed by atoms with van der Waals surface area (Å²) in [4.78, 5) is 37.5. The van der Waals surface area contributed by atoms with Crippen molar-refractivity contribution >= 4 is 33.7 Å². The third-order valence-corrected chi connectivity index (χ3v) is 8.69. The molecule has 0 aromatic carbocycles. The van der Waals surface area contributed by atoms with E-state index >= 15 is 0 Å². The molecule has 4 rings (SSSR count). The molecule has 3 atom stereocenters. The number of rotatable bonds is 6. The van der Waals surface area contributed by atoms with Crippen molar-refractivity contribution in [2.75, 3.05) is 22.9 Å². The normalized spacial score (nSPS) is 23.1. The van der Waals surface area contributed by atoms with Gasteiger partial charge in [-0.05, 0) is 62.3 Å². The standard InChI is InChI=1S/C27H38N6O5S/c1-17-15-27(5,6)33(16-17)23-18(9-8-13-28-23)24(34)31-39(37,38)21-11-7-10-20(30-21)32-14-12-19(29-25(35)36)22(32)26(2,3)4/h7-11,13,17,19,22,29H,12,14-16H2,1-6H3,(H,31,34)(H,35,36)/t17?,19-,22?/m1/s1. The van der Waals surface area contributed by atoms with Crippen LogP contribution < -0.4 is 19.8 Å². The van der Waals surface area contributed by atoms with Crippen LogP contribution in [0.2, 0.25) is 0 Å². The number of amides is 2. The van der Waals surface area contributed by atoms with E-state index in [1.165, 1.54) is 6.07 Å². The fourth-order valence-corrected chi connectivity index (χ4v) is 7.05. The first-order valence-corrected chi connectivity index (χ1v) is 14.6. The van der Waals surface area contributed by atoms with Gasteiger partial charge in [-0.2, -0.15) is 8.42 Å². The molecule has 4 heterocycles. The monoisotopic (exact) mass is 558 g/mol. The van der Waals surface area contributed by atoms with Gasteiger partial charge < -0.3 is 20.2 Å². The largest absolute Gasteiger partial charge is 0.465 e. The fourth-order valence-electron chi connectivity index (χ4n) is 6.12. The number of anilines is 2. The Morgan fingerprint density at radius 1 is 1.15 bits per heavy atom. The number of nitrogens with one attached hydrogen (secondary N) is 2. The molecular formula is C27H38N6O5S. The van der Waals surface area contributed by atoms with Crippen LogP contribution in [0.3, 0.4) is 0 Å². The quantitative estimate of drug-likeness (QED) is 0.485. The van der Waals surface area contributed by atoms with E-state index in [1.807, 2.05) is 25.7 Å². The molecule has 212 valence electrons. The summed E-state index contributed by atoms with van der Waals surface area (Å²) < 4.78 is 28.9. The van der Waals surface area contributed by atoms with Gasteiger partial charge in [-0.1, -0.05) is 33.8 Å². The van der Waals surface area contributed by atoms with Crippen LogP contribution in [-0.2, 0) is 10.0 Å². The number of hydrogen-bond acceptors (Lipinski definition) is 8. The Labute approximate surface area is 230 Å². The maximum absolute atomic E-state index is 13.3. The van der Waals surface area contributed by atoms with Crippen LogP contribution >= 0.6 is 0 Å². The predicted octanol–water partition coefficient (Wildman–Crippen LogP) is 3.48. The molecule has 0 aliphatic carbocycles. The van der Waals surface area contributed by atoms with Gasteiger partial charge in [0.05, 0.1) is 17.6 Å². The molecular weight excluding hydrogens is 520 g/mol. The topological polar surface area (TPSA) is 145 Å². The zero-order chi connectivity index (χ0) is 28.8. The molecule has 11 nitrogen and oxygen atoms in total. The summed E-state index contributed by atoms with van der Waals surface area (Å²) in [5.41, 5.74) is -0.384. The summed E-state index contributed by atoms with van der Waals surface area (Å²) in [6, 6.07) is 7.19. The zero-order valence-corrected chi connectivity index (χ0v) is 24.1. The van der Waals surface area contributed by atoms with E-state index in [0.29, 0.717) is 37.1 Å². The minimum absolute atomic E-state index is 0.175. The van der Waals surface area contributed by atoms with E-state index in [-0.39, 0.29) is 33.6 Å². The first-order chi connectivity index (χ1) is 18.1. The first-order valence-electron chi connectivity index (χ1n) is 13.1. The number of sulfonamides is 1. The molecule has 2 aromatic rings. The first kappa shape index (κ1) is 28.6. The number of nitrogens with zero attached hydrogens (tertiary/aromatic N) is 4. The van der Waals surface area contributed by atoms with Gasteiger partial charge in [0, 0.05) is 24.8 Å². The number of hydrogen-bond donors (Lipinski definition) is 3. The van der Waals surface area contributed by atoms with Crippen molar-refractivity contribution in [2.24, 2.45) is 11.3 Å². The van der Waals surface area contributed by atoms with Crippen molar-refractivity contribution in [1.29, 1.82) is 0 Å². The molecule has 2 saturated heterocycles. The third kappa shape index (κ3) is 5.95. The molecule has 39 heavy (non-hydrogen) atoms. The number of aromatic nitrogens is 2. The van der Waals surface area contributed by atoms with Crippen molar-refractivity contribution < 1.29 is 23.1 Å². The van der Waals surface area contributed by atoms with E-state index in [2.05, 4.69) is 45.7 Å². The highest BCUT2D eigenvalue weighted by atomic mass is 32.2. The van der Waals surface area contributed by atoms with Crippen LogP contribution in [-0.4, -0.2) is 66.2 Å². The summed E-state index contributed by atoms with van der Waals surface area (Å²) in [6.45, 7) is 13.5. The third-order valence-electron chi connectivity index (χ3n) is 7.46. The number of carboxylic acid groups (broad SMARTS) is 1. The second-order valence-electron chi connectivity index (χ2n) is 12.2. The molecule has 2 unspecified atom stereocenters. The lowest BCUT2D eigenvalue weighted by atomic mass is 9.82. The van der Waals surface area contributed by atoms with E-state index in [1.54, 1.807) is 30.5 Å². The Bertz CT molecular complexity index is 1360. The van der Waals surface area contributed by atoms with Crippen LogP contribution in [0, 0.1) is 11.3 Å². The Kier molecular flexibility index (Phi) is 7.54. The minimum Gasteiger partial charge on any atom is -0.465 e. The van der Waals surface area contributed by atoms with Gasteiger partial charge in [0.25, 0.3) is 15.9 Å². The average Bonchev–Trinajstić information content (AvgIpc) is 3.37. The van der Waals surface area contributed by atoms with Crippen molar-refractivity contribution in [3.05, 3.63) is 42.1 Å². The highest BCUT2D eigenvalue weighted by Crippen LogP contribution is 2.38. The summed E-state index contributed by atoms with van der Waals surface area (Å²) >= 11 is 0. The van der Waals surface area contributed by atoms with Gasteiger partial charge in [0.2, 0.25) is 0 Å². The van der Waals surface area contributed by atoms with Gasteiger partial charge in [-0.25, -0.2) is 19.5 Å². The zero-order valence-electron chi connectivity index (χ0n) is 23.3. The van der Waals surface area contributed by atoms with Gasteiger partial charge in [-0.15, -0.1) is 0 Å². The molecule has 2 aliphatic rings. The Balaban J connectivity index is 1.60. The SMILES string of the molecule is CC1CN(c2ncccc2C(=O)NS(=O)(=O)c2cccc(N3CC[C@@H](NC(=O)O)C3C(C)(C)C)n2)C(C)(C)C1. The molecule has 2 aromatic heterocycles. The molecule has 12 heteroatoms. The lowest BCUT2D eigenvalue weighted by Gasteiger charge is -2.38.